The van der Waals surface area contributed by atoms with E-state index in [4.69, 9.17) is 6.57 Å². The molecule has 3 rings (SSSR count). The summed E-state index contributed by atoms with van der Waals surface area (Å²) in [6.07, 6.45) is 2.58. The van der Waals surface area contributed by atoms with Crippen LogP contribution in [-0.4, -0.2) is 29.7 Å². The normalized spacial score (nSPS) is 28.6. The first-order valence-corrected chi connectivity index (χ1v) is 8.29. The number of carbonyl (C=O) groups excluding carboxylic acids is 2. The molecule has 1 aromatic rings. The van der Waals surface area contributed by atoms with Crippen LogP contribution in [0.1, 0.15) is 37.6 Å². The summed E-state index contributed by atoms with van der Waals surface area (Å²) >= 11 is 0. The number of ketones is 1. The molecule has 0 saturated carbocycles. The van der Waals surface area contributed by atoms with Crippen LogP contribution in [-0.2, 0) is 4.79 Å². The van der Waals surface area contributed by atoms with Gasteiger partial charge in [-0.25, -0.2) is 4.85 Å². The fraction of sp³-hybridized carbons (Fsp3) is 0.450. The van der Waals surface area contributed by atoms with Gasteiger partial charge in [-0.1, -0.05) is 45.0 Å². The number of carbonyl (C=O) groups is 2. The molecule has 4 nitrogen and oxygen atoms in total. The molecule has 0 bridgehead atoms. The molecule has 0 spiro atoms. The molecule has 0 aromatic heterocycles. The number of piperidine rings is 1. The number of rotatable bonds is 1. The monoisotopic (exact) mass is 322 g/mol. The highest BCUT2D eigenvalue weighted by Gasteiger charge is 2.53. The molecule has 1 aromatic carbocycles. The quantitative estimate of drug-likeness (QED) is 0.742. The number of hydrogen-bond acceptors (Lipinski definition) is 2. The molecule has 2 aliphatic rings. The van der Waals surface area contributed by atoms with E-state index in [1.807, 2.05) is 55.2 Å². The lowest BCUT2D eigenvalue weighted by molar-refractivity contribution is -0.131. The Morgan fingerprint density at radius 3 is 2.54 bits per heavy atom. The lowest BCUT2D eigenvalue weighted by Crippen LogP contribution is -2.56. The van der Waals surface area contributed by atoms with Crippen LogP contribution in [0.2, 0.25) is 0 Å². The van der Waals surface area contributed by atoms with E-state index in [2.05, 4.69) is 11.8 Å². The molecule has 1 aliphatic carbocycles. The van der Waals surface area contributed by atoms with E-state index in [1.54, 1.807) is 0 Å². The summed E-state index contributed by atoms with van der Waals surface area (Å²) in [7, 11) is 0. The lowest BCUT2D eigenvalue weighted by Gasteiger charge is -2.53. The summed E-state index contributed by atoms with van der Waals surface area (Å²) in [5.74, 6) is 0.0911. The number of Topliss-reactive ketones (excluding diaryl/α,β-unsaturated/α-hetero) is 1. The molecular formula is C20H22N2O2. The van der Waals surface area contributed by atoms with Gasteiger partial charge in [0.05, 0.1) is 6.57 Å². The van der Waals surface area contributed by atoms with Crippen LogP contribution in [0, 0.1) is 23.3 Å². The first kappa shape index (κ1) is 16.4. The van der Waals surface area contributed by atoms with Gasteiger partial charge in [-0.15, -0.1) is 0 Å². The number of amides is 1. The predicted octanol–water partition coefficient (Wildman–Crippen LogP) is 3.57. The first-order valence-electron chi connectivity index (χ1n) is 8.29. The average Bonchev–Trinajstić information content (AvgIpc) is 2.58. The zero-order chi connectivity index (χ0) is 17.5. The van der Waals surface area contributed by atoms with Crippen molar-refractivity contribution in [1.82, 2.24) is 4.90 Å². The zero-order valence-corrected chi connectivity index (χ0v) is 14.4. The fourth-order valence-corrected chi connectivity index (χ4v) is 4.43. The van der Waals surface area contributed by atoms with Gasteiger partial charge >= 0.3 is 0 Å². The van der Waals surface area contributed by atoms with E-state index in [0.717, 1.165) is 6.42 Å². The van der Waals surface area contributed by atoms with Crippen LogP contribution < -0.4 is 0 Å². The Bertz CT molecular complexity index is 758. The van der Waals surface area contributed by atoms with Crippen molar-refractivity contribution in [1.29, 1.82) is 0 Å². The Balaban J connectivity index is 1.94. The summed E-state index contributed by atoms with van der Waals surface area (Å²) in [5, 5.41) is 0. The Morgan fingerprint density at radius 1 is 1.25 bits per heavy atom. The molecule has 1 fully saturated rings. The van der Waals surface area contributed by atoms with Crippen molar-refractivity contribution in [2.75, 3.05) is 13.1 Å². The predicted molar refractivity (Wildman–Crippen MR) is 92.0 cm³/mol. The highest BCUT2D eigenvalue weighted by atomic mass is 16.2. The van der Waals surface area contributed by atoms with Gasteiger partial charge in [0.1, 0.15) is 0 Å². The minimum Gasteiger partial charge on any atom is -0.338 e. The lowest BCUT2D eigenvalue weighted by atomic mass is 9.55. The SMILES string of the molecule is [C-]#[N+]C1=C[C@]2(C)CN(C(=O)c3ccccc3)CC[C@H]2C(C)(C)C1=O. The molecule has 2 atom stereocenters. The number of allylic oxidation sites excluding steroid dienone is 1. The number of fused-ring (bicyclic) bond motifs is 1. The highest BCUT2D eigenvalue weighted by Crippen LogP contribution is 2.52. The summed E-state index contributed by atoms with van der Waals surface area (Å²) in [6, 6.07) is 9.27. The van der Waals surface area contributed by atoms with Crippen molar-refractivity contribution in [2.45, 2.75) is 27.2 Å². The molecule has 0 N–H and O–H groups in total. The van der Waals surface area contributed by atoms with Gasteiger partial charge in [-0.05, 0) is 29.9 Å². The molecule has 0 unspecified atom stereocenters. The molecular weight excluding hydrogens is 300 g/mol. The maximum atomic E-state index is 12.8. The maximum Gasteiger partial charge on any atom is 0.253 e. The second-order valence-corrected chi connectivity index (χ2v) is 7.63. The van der Waals surface area contributed by atoms with Gasteiger partial charge in [0.25, 0.3) is 5.91 Å². The highest BCUT2D eigenvalue weighted by molar-refractivity contribution is 6.02. The van der Waals surface area contributed by atoms with E-state index in [0.29, 0.717) is 18.7 Å². The molecule has 124 valence electrons. The number of benzene rings is 1. The molecule has 1 aliphatic heterocycles. The Labute approximate surface area is 143 Å². The standard InChI is InChI=1S/C20H22N2O2/c1-19(2)16-10-11-22(18(24)14-8-6-5-7-9-14)13-20(16,3)12-15(21-4)17(19)23/h5-9,12,16H,10-11,13H2,1-3H3/t16-,20+/m0/s1. The third-order valence-electron chi connectivity index (χ3n) is 5.60. The van der Waals surface area contributed by atoms with E-state index in [-0.39, 0.29) is 28.7 Å². The topological polar surface area (TPSA) is 41.7 Å². The molecule has 1 amide bonds. The maximum absolute atomic E-state index is 12.8. The van der Waals surface area contributed by atoms with Gasteiger partial charge in [0, 0.05) is 24.1 Å². The third kappa shape index (κ3) is 2.45. The Kier molecular flexibility index (Phi) is 3.83. The molecule has 4 heteroatoms. The van der Waals surface area contributed by atoms with E-state index in [1.165, 1.54) is 0 Å². The summed E-state index contributed by atoms with van der Waals surface area (Å²) in [4.78, 5) is 30.6. The number of likely N-dealkylation sites (tertiary alicyclic amines) is 1. The minimum absolute atomic E-state index is 0.0164. The van der Waals surface area contributed by atoms with Gasteiger partial charge in [-0.2, -0.15) is 0 Å². The van der Waals surface area contributed by atoms with E-state index in [9.17, 15) is 9.59 Å². The van der Waals surface area contributed by atoms with Crippen molar-refractivity contribution in [3.8, 4) is 0 Å². The second kappa shape index (κ2) is 5.59. The van der Waals surface area contributed by atoms with Crippen LogP contribution in [0.5, 0.6) is 0 Å². The summed E-state index contributed by atoms with van der Waals surface area (Å²) in [5.41, 5.74) is -0.0153. The van der Waals surface area contributed by atoms with Crippen molar-refractivity contribution in [3.63, 3.8) is 0 Å². The Morgan fingerprint density at radius 2 is 1.92 bits per heavy atom. The Hall–Kier alpha value is -2.41. The molecule has 0 radical (unpaired) electrons. The van der Waals surface area contributed by atoms with Crippen molar-refractivity contribution < 1.29 is 9.59 Å². The number of nitrogens with zero attached hydrogens (tertiary/aromatic N) is 2. The van der Waals surface area contributed by atoms with Crippen LogP contribution in [0.4, 0.5) is 0 Å². The van der Waals surface area contributed by atoms with Crippen molar-refractivity contribution in [2.24, 2.45) is 16.7 Å². The third-order valence-corrected chi connectivity index (χ3v) is 5.60. The van der Waals surface area contributed by atoms with Crippen LogP contribution >= 0.6 is 0 Å². The summed E-state index contributed by atoms with van der Waals surface area (Å²) < 4.78 is 0. The van der Waals surface area contributed by atoms with Crippen LogP contribution in [0.15, 0.2) is 42.1 Å². The average molecular weight is 322 g/mol. The summed E-state index contributed by atoms with van der Waals surface area (Å²) in [6.45, 7) is 14.5. The van der Waals surface area contributed by atoms with Gasteiger partial charge < -0.3 is 9.69 Å². The fourth-order valence-electron chi connectivity index (χ4n) is 4.43. The minimum atomic E-state index is -0.564. The van der Waals surface area contributed by atoms with Crippen LogP contribution in [0.25, 0.3) is 4.85 Å². The van der Waals surface area contributed by atoms with Crippen molar-refractivity contribution >= 4 is 11.7 Å². The van der Waals surface area contributed by atoms with Crippen molar-refractivity contribution in [3.05, 3.63) is 59.1 Å². The van der Waals surface area contributed by atoms with Gasteiger partial charge in [0.15, 0.2) is 5.78 Å². The first-order chi connectivity index (χ1) is 11.3. The second-order valence-electron chi connectivity index (χ2n) is 7.63. The number of hydrogen-bond donors (Lipinski definition) is 0. The molecule has 1 saturated heterocycles. The van der Waals surface area contributed by atoms with Gasteiger partial charge in [-0.3, -0.25) is 4.79 Å². The van der Waals surface area contributed by atoms with E-state index >= 15 is 0 Å². The van der Waals surface area contributed by atoms with E-state index < -0.39 is 5.41 Å². The van der Waals surface area contributed by atoms with Gasteiger partial charge in [0.2, 0.25) is 5.70 Å². The van der Waals surface area contributed by atoms with Crippen LogP contribution in [0.3, 0.4) is 0 Å². The smallest absolute Gasteiger partial charge is 0.253 e. The molecule has 24 heavy (non-hydrogen) atoms. The molecule has 1 heterocycles. The zero-order valence-electron chi connectivity index (χ0n) is 14.4. The largest absolute Gasteiger partial charge is 0.338 e.